The summed E-state index contributed by atoms with van der Waals surface area (Å²) in [5, 5.41) is 0. The molecule has 1 aromatic heterocycles. The lowest BCUT2D eigenvalue weighted by atomic mass is 15.9. The molecule has 0 spiro atoms. The van der Waals surface area contributed by atoms with E-state index in [0.29, 0.717) is 0 Å². The SMILES string of the molecule is P.[O-][s+]1ss1. The predicted molar refractivity (Wildman–Crippen MR) is 32.0 cm³/mol. The van der Waals surface area contributed by atoms with Gasteiger partial charge >= 0.3 is 0 Å². The average Bonchev–Trinajstić information content (AvgIpc) is 1.75. The van der Waals surface area contributed by atoms with E-state index >= 15 is 0 Å². The number of hydrogen-bond acceptors (Lipinski definition) is 3. The molecule has 0 radical (unpaired) electrons. The molecule has 32 valence electrons. The summed E-state index contributed by atoms with van der Waals surface area (Å²) in [5.74, 6) is 0. The maximum atomic E-state index is 9.59. The monoisotopic (exact) mass is 146 g/mol. The van der Waals surface area contributed by atoms with Crippen LogP contribution in [0.4, 0.5) is 0 Å². The first-order chi connectivity index (χ1) is 1.89. The van der Waals surface area contributed by atoms with E-state index in [-0.39, 0.29) is 9.90 Å². The van der Waals surface area contributed by atoms with Gasteiger partial charge in [-0.2, -0.15) is 9.90 Å². The van der Waals surface area contributed by atoms with Crippen LogP contribution in [-0.4, -0.2) is 4.55 Å². The van der Waals surface area contributed by atoms with Gasteiger partial charge in [-0.15, -0.1) is 0 Å². The second-order valence-electron chi connectivity index (χ2n) is 0.340. The molecule has 0 aromatic carbocycles. The summed E-state index contributed by atoms with van der Waals surface area (Å²) in [6, 6.07) is 0. The minimum atomic E-state index is -0.528. The minimum absolute atomic E-state index is 0. The number of hydrogen-bond donors (Lipinski definition) is 0. The Balaban J connectivity index is 0.000000160. The molecule has 0 aliphatic heterocycles. The highest BCUT2D eigenvalue weighted by Gasteiger charge is 1.99. The van der Waals surface area contributed by atoms with Gasteiger partial charge in [-0.25, -0.2) is 0 Å². The molecule has 1 rings (SSSR count). The van der Waals surface area contributed by atoms with Gasteiger partial charge in [0.25, 0.3) is 18.7 Å². The molecule has 0 bridgehead atoms. The Morgan fingerprint density at radius 1 is 1.40 bits per heavy atom. The van der Waals surface area contributed by atoms with Crippen molar-refractivity contribution in [2.75, 3.05) is 0 Å². The molecule has 0 aliphatic carbocycles. The van der Waals surface area contributed by atoms with Gasteiger partial charge in [-0.3, -0.25) is 0 Å². The molecule has 0 fully saturated rings. The van der Waals surface area contributed by atoms with Crippen molar-refractivity contribution < 1.29 is 4.55 Å². The first kappa shape index (κ1) is 6.05. The van der Waals surface area contributed by atoms with Gasteiger partial charge in [0.05, 0.1) is 0 Å². The van der Waals surface area contributed by atoms with Gasteiger partial charge < -0.3 is 4.55 Å². The van der Waals surface area contributed by atoms with E-state index in [1.54, 1.807) is 0 Å². The van der Waals surface area contributed by atoms with Crippen molar-refractivity contribution in [3.63, 3.8) is 0 Å². The second kappa shape index (κ2) is 2.26. The van der Waals surface area contributed by atoms with E-state index in [9.17, 15) is 4.55 Å². The topological polar surface area (TPSA) is 23.1 Å². The van der Waals surface area contributed by atoms with Crippen LogP contribution < -0.4 is 0 Å². The predicted octanol–water partition coefficient (Wildman–Crippen LogP) is 1.60. The molecule has 1 aromatic rings. The van der Waals surface area contributed by atoms with Crippen LogP contribution in [0.25, 0.3) is 0 Å². The van der Waals surface area contributed by atoms with Crippen molar-refractivity contribution in [1.82, 2.24) is 0 Å². The molecule has 0 aliphatic rings. The van der Waals surface area contributed by atoms with Crippen LogP contribution in [0.3, 0.4) is 0 Å². The maximum Gasteiger partial charge on any atom is 0.287 e. The van der Waals surface area contributed by atoms with Crippen molar-refractivity contribution in [1.29, 1.82) is 0 Å². The smallest absolute Gasteiger partial charge is 0.287 e. The standard InChI is InChI=1S/OS3.H3P/c1-4-2-3-4;/h;1H3. The molecule has 1 heterocycles. The van der Waals surface area contributed by atoms with Gasteiger partial charge in [0.15, 0.2) is 0 Å². The maximum absolute atomic E-state index is 9.59. The third-order valence-electron chi connectivity index (χ3n) is 0.124. The second-order valence-corrected chi connectivity index (χ2v) is 6.74. The zero-order valence-corrected chi connectivity index (χ0v) is 6.20. The van der Waals surface area contributed by atoms with E-state index in [2.05, 4.69) is 0 Å². The van der Waals surface area contributed by atoms with Crippen LogP contribution in [0.5, 0.6) is 0 Å². The Labute approximate surface area is 42.2 Å². The lowest BCUT2D eigenvalue weighted by Gasteiger charge is -1.55. The van der Waals surface area contributed by atoms with Crippen LogP contribution >= 0.6 is 37.3 Å². The van der Waals surface area contributed by atoms with Crippen molar-refractivity contribution >= 4 is 37.3 Å². The van der Waals surface area contributed by atoms with Gasteiger partial charge in [-0.1, -0.05) is 0 Å². The molecule has 0 N–H and O–H groups in total. The Morgan fingerprint density at radius 3 is 1.60 bits per heavy atom. The van der Waals surface area contributed by atoms with E-state index in [1.807, 2.05) is 0 Å². The molecule has 0 saturated carbocycles. The van der Waals surface area contributed by atoms with Crippen LogP contribution in [0.1, 0.15) is 0 Å². The fraction of sp³-hybridized carbons (Fsp3) is 0. The van der Waals surface area contributed by atoms with Crippen molar-refractivity contribution in [3.05, 3.63) is 0 Å². The van der Waals surface area contributed by atoms with Crippen molar-refractivity contribution in [3.8, 4) is 0 Å². The van der Waals surface area contributed by atoms with E-state index in [1.165, 1.54) is 18.7 Å². The first-order valence-electron chi connectivity index (χ1n) is 0.667. The lowest BCUT2D eigenvalue weighted by molar-refractivity contribution is 0.608. The quantitative estimate of drug-likeness (QED) is 0.310. The van der Waals surface area contributed by atoms with E-state index in [0.717, 1.165) is 0 Å². The normalized spacial score (nSPS) is 7.40. The van der Waals surface area contributed by atoms with Gasteiger partial charge in [0.1, 0.15) is 8.76 Å². The largest absolute Gasteiger partial charge is 0.678 e. The molecular weight excluding hydrogens is 143 g/mol. The Bertz CT molecular complexity index is 65.4. The summed E-state index contributed by atoms with van der Waals surface area (Å²) >= 11 is 0. The number of rotatable bonds is 0. The van der Waals surface area contributed by atoms with Crippen LogP contribution in [0, 0.1) is 0 Å². The van der Waals surface area contributed by atoms with Crippen molar-refractivity contribution in [2.45, 2.75) is 0 Å². The van der Waals surface area contributed by atoms with Crippen LogP contribution in [0.2, 0.25) is 0 Å². The Morgan fingerprint density at radius 2 is 1.60 bits per heavy atom. The van der Waals surface area contributed by atoms with Crippen molar-refractivity contribution in [2.24, 2.45) is 0 Å². The van der Waals surface area contributed by atoms with E-state index in [4.69, 9.17) is 0 Å². The van der Waals surface area contributed by atoms with Crippen LogP contribution in [-0.2, 0) is 0 Å². The Kier molecular flexibility index (Phi) is 2.74. The minimum Gasteiger partial charge on any atom is -0.678 e. The van der Waals surface area contributed by atoms with Gasteiger partial charge in [0.2, 0.25) is 0 Å². The summed E-state index contributed by atoms with van der Waals surface area (Å²) in [5.41, 5.74) is 0. The summed E-state index contributed by atoms with van der Waals surface area (Å²) in [6.07, 6.45) is 0. The molecule has 1 nitrogen and oxygen atoms in total. The zero-order chi connectivity index (χ0) is 2.99. The molecule has 0 amide bonds. The third-order valence-corrected chi connectivity index (χ3v) is 3.34. The summed E-state index contributed by atoms with van der Waals surface area (Å²) < 4.78 is 9.59. The zero-order valence-electron chi connectivity index (χ0n) is 2.34. The van der Waals surface area contributed by atoms with E-state index < -0.39 is 8.76 Å². The summed E-state index contributed by atoms with van der Waals surface area (Å²) in [7, 11) is 2.30. The lowest BCUT2D eigenvalue weighted by Crippen LogP contribution is -1.14. The van der Waals surface area contributed by atoms with Crippen LogP contribution in [0.15, 0.2) is 0 Å². The molecule has 5 heteroatoms. The molecule has 5 heavy (non-hydrogen) atoms. The molecular formula is H3OPS3. The molecule has 0 saturated heterocycles. The highest BCUT2D eigenvalue weighted by Crippen LogP contribution is 2.39. The molecule has 1 unspecified atom stereocenters. The Hall–Kier alpha value is 1.05. The van der Waals surface area contributed by atoms with Gasteiger partial charge in [0, 0.05) is 0 Å². The highest BCUT2D eigenvalue weighted by molar-refractivity contribution is 8.37. The fourth-order valence-corrected chi connectivity index (χ4v) is 0.919. The fourth-order valence-electron chi connectivity index (χ4n) is 0.0113. The molecule has 1 atom stereocenters. The summed E-state index contributed by atoms with van der Waals surface area (Å²) in [4.78, 5) is 0. The first-order valence-corrected chi connectivity index (χ1v) is 5.00. The highest BCUT2D eigenvalue weighted by atomic mass is 33.7. The summed E-state index contributed by atoms with van der Waals surface area (Å²) in [6.45, 7) is 0. The third kappa shape index (κ3) is 2.86. The van der Waals surface area contributed by atoms with Gasteiger partial charge in [-0.05, 0) is 0 Å². The average molecular weight is 146 g/mol.